The zero-order chi connectivity index (χ0) is 10.1. The fourth-order valence-electron chi connectivity index (χ4n) is 1.09. The summed E-state index contributed by atoms with van der Waals surface area (Å²) in [5.41, 5.74) is 0.666. The molecule has 72 valence electrons. The Hall–Kier alpha value is -1.69. The SMILES string of the molecule is Cn1[nH]c(-c2ccc(=O)[nH]c2)nc1=S. The van der Waals surface area contributed by atoms with E-state index in [4.69, 9.17) is 12.2 Å². The number of rotatable bonds is 1. The number of pyridine rings is 1. The molecule has 0 spiro atoms. The van der Waals surface area contributed by atoms with Crippen LogP contribution < -0.4 is 5.56 Å². The molecule has 2 rings (SSSR count). The van der Waals surface area contributed by atoms with Gasteiger partial charge in [-0.1, -0.05) is 0 Å². The Balaban J connectivity index is 2.55. The molecule has 0 aliphatic rings. The van der Waals surface area contributed by atoms with Crippen molar-refractivity contribution >= 4 is 12.2 Å². The van der Waals surface area contributed by atoms with Crippen molar-refractivity contribution < 1.29 is 0 Å². The van der Waals surface area contributed by atoms with Crippen molar-refractivity contribution in [3.8, 4) is 11.4 Å². The smallest absolute Gasteiger partial charge is 0.247 e. The minimum atomic E-state index is -0.136. The lowest BCUT2D eigenvalue weighted by Crippen LogP contribution is -2.01. The highest BCUT2D eigenvalue weighted by Gasteiger charge is 2.01. The Morgan fingerprint density at radius 3 is 2.79 bits per heavy atom. The van der Waals surface area contributed by atoms with Crippen LogP contribution in [0.2, 0.25) is 0 Å². The summed E-state index contributed by atoms with van der Waals surface area (Å²) in [6.45, 7) is 0. The molecule has 0 unspecified atom stereocenters. The van der Waals surface area contributed by atoms with Crippen LogP contribution in [0.5, 0.6) is 0 Å². The third-order valence-corrected chi connectivity index (χ3v) is 2.19. The summed E-state index contributed by atoms with van der Waals surface area (Å²) in [7, 11) is 1.78. The van der Waals surface area contributed by atoms with Crippen molar-refractivity contribution in [1.82, 2.24) is 19.7 Å². The summed E-state index contributed by atoms with van der Waals surface area (Å²) in [5, 5.41) is 2.96. The molecule has 0 atom stereocenters. The van der Waals surface area contributed by atoms with Crippen LogP contribution in [0.25, 0.3) is 11.4 Å². The van der Waals surface area contributed by atoms with Gasteiger partial charge in [0.15, 0.2) is 5.82 Å². The Morgan fingerprint density at radius 2 is 2.29 bits per heavy atom. The number of hydrogen-bond acceptors (Lipinski definition) is 3. The fraction of sp³-hybridized carbons (Fsp3) is 0.125. The molecule has 2 heterocycles. The maximum absolute atomic E-state index is 10.8. The predicted molar refractivity (Wildman–Crippen MR) is 54.4 cm³/mol. The molecular formula is C8H8N4OS. The molecule has 0 saturated heterocycles. The van der Waals surface area contributed by atoms with Crippen molar-refractivity contribution in [2.75, 3.05) is 0 Å². The second-order valence-corrected chi connectivity index (χ2v) is 3.22. The Kier molecular flexibility index (Phi) is 2.05. The summed E-state index contributed by atoms with van der Waals surface area (Å²) >= 11 is 4.95. The minimum Gasteiger partial charge on any atom is -0.328 e. The van der Waals surface area contributed by atoms with Gasteiger partial charge in [0.25, 0.3) is 0 Å². The molecule has 5 nitrogen and oxygen atoms in total. The first-order valence-electron chi connectivity index (χ1n) is 3.99. The molecule has 0 bridgehead atoms. The zero-order valence-electron chi connectivity index (χ0n) is 7.44. The van der Waals surface area contributed by atoms with Crippen molar-refractivity contribution in [2.24, 2.45) is 7.05 Å². The van der Waals surface area contributed by atoms with E-state index in [1.165, 1.54) is 6.07 Å². The number of nitrogens with one attached hydrogen (secondary N) is 2. The Morgan fingerprint density at radius 1 is 1.50 bits per heavy atom. The number of nitrogens with zero attached hydrogens (tertiary/aromatic N) is 2. The number of aromatic amines is 2. The first-order valence-corrected chi connectivity index (χ1v) is 4.40. The van der Waals surface area contributed by atoms with E-state index in [0.29, 0.717) is 10.6 Å². The van der Waals surface area contributed by atoms with Gasteiger partial charge in [0, 0.05) is 24.9 Å². The van der Waals surface area contributed by atoms with Gasteiger partial charge in [-0.2, -0.15) is 4.98 Å². The summed E-state index contributed by atoms with van der Waals surface area (Å²) in [5.74, 6) is 0.647. The maximum Gasteiger partial charge on any atom is 0.247 e. The summed E-state index contributed by atoms with van der Waals surface area (Å²) in [4.78, 5) is 17.5. The molecule has 0 amide bonds. The molecule has 0 aromatic carbocycles. The highest BCUT2D eigenvalue weighted by molar-refractivity contribution is 7.71. The molecule has 14 heavy (non-hydrogen) atoms. The number of aryl methyl sites for hydroxylation is 1. The average Bonchev–Trinajstić information content (AvgIpc) is 2.48. The second-order valence-electron chi connectivity index (χ2n) is 2.86. The average molecular weight is 208 g/mol. The molecule has 2 aromatic rings. The summed E-state index contributed by atoms with van der Waals surface area (Å²) in [6.07, 6.45) is 1.59. The van der Waals surface area contributed by atoms with Crippen LogP contribution in [0.4, 0.5) is 0 Å². The van der Waals surface area contributed by atoms with Crippen LogP contribution in [0.15, 0.2) is 23.1 Å². The van der Waals surface area contributed by atoms with Gasteiger partial charge in [-0.05, 0) is 18.3 Å². The monoisotopic (exact) mass is 208 g/mol. The van der Waals surface area contributed by atoms with Gasteiger partial charge >= 0.3 is 0 Å². The Labute approximate surface area is 84.4 Å². The number of H-pyrrole nitrogens is 2. The van der Waals surface area contributed by atoms with Gasteiger partial charge in [0.1, 0.15) is 0 Å². The van der Waals surface area contributed by atoms with Gasteiger partial charge in [-0.25, -0.2) is 0 Å². The van der Waals surface area contributed by atoms with Gasteiger partial charge in [0.2, 0.25) is 10.3 Å². The van der Waals surface area contributed by atoms with Gasteiger partial charge in [0.05, 0.1) is 0 Å². The van der Waals surface area contributed by atoms with Crippen LogP contribution in [-0.4, -0.2) is 19.7 Å². The summed E-state index contributed by atoms with van der Waals surface area (Å²) < 4.78 is 2.11. The van der Waals surface area contributed by atoms with E-state index in [1.807, 2.05) is 0 Å². The molecule has 0 aliphatic carbocycles. The molecule has 2 aromatic heterocycles. The standard InChI is InChI=1S/C8H8N4OS/c1-12-8(14)10-7(11-12)5-2-3-6(13)9-4-5/h2-4H,1H3,(H,9,13)(H,10,11,14). The lowest BCUT2D eigenvalue weighted by molar-refractivity contribution is 0.756. The highest BCUT2D eigenvalue weighted by Crippen LogP contribution is 2.10. The van der Waals surface area contributed by atoms with E-state index >= 15 is 0 Å². The van der Waals surface area contributed by atoms with Crippen LogP contribution in [0.3, 0.4) is 0 Å². The summed E-state index contributed by atoms with van der Waals surface area (Å²) in [6, 6.07) is 3.13. The molecule has 6 heteroatoms. The normalized spacial score (nSPS) is 10.4. The number of hydrogen-bond donors (Lipinski definition) is 2. The van der Waals surface area contributed by atoms with Crippen LogP contribution in [-0.2, 0) is 7.05 Å². The molecule has 0 fully saturated rings. The van der Waals surface area contributed by atoms with Gasteiger partial charge in [-0.3, -0.25) is 14.6 Å². The van der Waals surface area contributed by atoms with E-state index in [0.717, 1.165) is 5.56 Å². The van der Waals surface area contributed by atoms with E-state index in [1.54, 1.807) is 24.0 Å². The molecule has 0 aliphatic heterocycles. The van der Waals surface area contributed by atoms with Crippen molar-refractivity contribution in [3.05, 3.63) is 33.5 Å². The van der Waals surface area contributed by atoms with Crippen LogP contribution in [0, 0.1) is 4.77 Å². The second kappa shape index (κ2) is 3.22. The lowest BCUT2D eigenvalue weighted by Gasteiger charge is -1.93. The molecule has 0 radical (unpaired) electrons. The molecule has 2 N–H and O–H groups in total. The minimum absolute atomic E-state index is 0.136. The molecule has 0 saturated carbocycles. The predicted octanol–water partition coefficient (Wildman–Crippen LogP) is 0.833. The number of aromatic nitrogens is 4. The van der Waals surface area contributed by atoms with Gasteiger partial charge < -0.3 is 4.98 Å². The fourth-order valence-corrected chi connectivity index (χ4v) is 1.23. The zero-order valence-corrected chi connectivity index (χ0v) is 8.26. The van der Waals surface area contributed by atoms with Crippen molar-refractivity contribution in [2.45, 2.75) is 0 Å². The van der Waals surface area contributed by atoms with Crippen molar-refractivity contribution in [1.29, 1.82) is 0 Å². The van der Waals surface area contributed by atoms with E-state index in [9.17, 15) is 4.79 Å². The molecular weight excluding hydrogens is 200 g/mol. The van der Waals surface area contributed by atoms with E-state index in [-0.39, 0.29) is 5.56 Å². The lowest BCUT2D eigenvalue weighted by atomic mass is 10.3. The van der Waals surface area contributed by atoms with Crippen LogP contribution in [0.1, 0.15) is 0 Å². The quantitative estimate of drug-likeness (QED) is 0.682. The first kappa shape index (κ1) is 8.89. The van der Waals surface area contributed by atoms with Gasteiger partial charge in [-0.15, -0.1) is 0 Å². The van der Waals surface area contributed by atoms with E-state index < -0.39 is 0 Å². The topological polar surface area (TPSA) is 66.5 Å². The van der Waals surface area contributed by atoms with Crippen molar-refractivity contribution in [3.63, 3.8) is 0 Å². The third-order valence-electron chi connectivity index (χ3n) is 1.83. The first-order chi connectivity index (χ1) is 6.66. The third kappa shape index (κ3) is 1.51. The maximum atomic E-state index is 10.8. The van der Waals surface area contributed by atoms with Crippen LogP contribution >= 0.6 is 12.2 Å². The largest absolute Gasteiger partial charge is 0.328 e. The highest BCUT2D eigenvalue weighted by atomic mass is 32.1. The Bertz CT molecular complexity index is 545. The van der Waals surface area contributed by atoms with E-state index in [2.05, 4.69) is 15.1 Å².